The Hall–Kier alpha value is -1.55. The van der Waals surface area contributed by atoms with Crippen molar-refractivity contribution in [2.75, 3.05) is 0 Å². The van der Waals surface area contributed by atoms with E-state index in [2.05, 4.69) is 4.79 Å². The number of benzene rings is 1. The van der Waals surface area contributed by atoms with Crippen molar-refractivity contribution in [3.63, 3.8) is 0 Å². The van der Waals surface area contributed by atoms with E-state index in [4.69, 9.17) is 5.53 Å². The standard InChI is InChI=1S/C13H13F3N2O4S2/c14-13(15,16)9-4-3-5-10(8-9)24(21,22)11(18-17)12(23(19)20)6-1-2-7-12/h3-5,8H,1-2,6-7H2,(H,19,20). The molecule has 1 N–H and O–H groups in total. The van der Waals surface area contributed by atoms with Crippen molar-refractivity contribution in [2.45, 2.75) is 41.5 Å². The average Bonchev–Trinajstić information content (AvgIpc) is 2.97. The first-order chi connectivity index (χ1) is 11.1. The van der Waals surface area contributed by atoms with Gasteiger partial charge >= 0.3 is 11.2 Å². The molecule has 6 nitrogen and oxygen atoms in total. The molecule has 1 aromatic rings. The van der Waals surface area contributed by atoms with Gasteiger partial charge in [0.05, 0.1) is 10.5 Å². The van der Waals surface area contributed by atoms with Gasteiger partial charge in [0.25, 0.3) is 9.84 Å². The average molecular weight is 382 g/mol. The molecule has 24 heavy (non-hydrogen) atoms. The van der Waals surface area contributed by atoms with Crippen LogP contribution in [0.25, 0.3) is 5.53 Å². The fourth-order valence-corrected chi connectivity index (χ4v) is 5.69. The zero-order valence-electron chi connectivity index (χ0n) is 12.2. The van der Waals surface area contributed by atoms with E-state index in [1.165, 1.54) is 0 Å². The maximum atomic E-state index is 12.8. The first-order valence-electron chi connectivity index (χ1n) is 6.81. The predicted molar refractivity (Wildman–Crippen MR) is 79.2 cm³/mol. The largest absolute Gasteiger partial charge is 0.416 e. The SMILES string of the molecule is [N-]=[N+]=C(C1(S(=O)O)CCCC1)S(=O)(=O)c1cccc(C(F)(F)F)c1. The molecular formula is C13H13F3N2O4S2. The Kier molecular flexibility index (Phi) is 5.01. The van der Waals surface area contributed by atoms with Gasteiger partial charge < -0.3 is 10.1 Å². The summed E-state index contributed by atoms with van der Waals surface area (Å²) in [6, 6.07) is 2.93. The van der Waals surface area contributed by atoms with Gasteiger partial charge in [0, 0.05) is 0 Å². The summed E-state index contributed by atoms with van der Waals surface area (Å²) in [5, 5.41) is -0.979. The van der Waals surface area contributed by atoms with Gasteiger partial charge in [0.1, 0.15) is 0 Å². The first kappa shape index (κ1) is 18.8. The van der Waals surface area contributed by atoms with Gasteiger partial charge in [-0.3, -0.25) is 0 Å². The Morgan fingerprint density at radius 3 is 2.33 bits per heavy atom. The van der Waals surface area contributed by atoms with Crippen LogP contribution in [0, 0.1) is 0 Å². The maximum Gasteiger partial charge on any atom is 0.416 e. The Labute approximate surface area is 138 Å². The van der Waals surface area contributed by atoms with Crippen LogP contribution >= 0.6 is 0 Å². The smallest absolute Gasteiger partial charge is 0.360 e. The van der Waals surface area contributed by atoms with Gasteiger partial charge in [0.15, 0.2) is 15.8 Å². The third-order valence-corrected chi connectivity index (χ3v) is 7.21. The summed E-state index contributed by atoms with van der Waals surface area (Å²) in [5.74, 6) is 0. The molecule has 1 saturated carbocycles. The van der Waals surface area contributed by atoms with Gasteiger partial charge in [-0.25, -0.2) is 12.6 Å². The lowest BCUT2D eigenvalue weighted by molar-refractivity contribution is -0.137. The number of sulfone groups is 1. The molecule has 0 aliphatic heterocycles. The molecule has 0 heterocycles. The van der Waals surface area contributed by atoms with Crippen LogP contribution in [0.2, 0.25) is 0 Å². The highest BCUT2D eigenvalue weighted by atomic mass is 32.2. The lowest BCUT2D eigenvalue weighted by Crippen LogP contribution is -2.45. The van der Waals surface area contributed by atoms with Crippen molar-refractivity contribution in [2.24, 2.45) is 0 Å². The van der Waals surface area contributed by atoms with Gasteiger partial charge in [-0.1, -0.05) is 18.9 Å². The molecule has 11 heteroatoms. The van der Waals surface area contributed by atoms with Crippen LogP contribution in [0.1, 0.15) is 31.2 Å². The molecule has 1 atom stereocenters. The Balaban J connectivity index is 2.61. The molecule has 0 radical (unpaired) electrons. The van der Waals surface area contributed by atoms with E-state index < -0.39 is 47.3 Å². The van der Waals surface area contributed by atoms with Crippen LogP contribution in [0.5, 0.6) is 0 Å². The normalized spacial score (nSPS) is 18.8. The van der Waals surface area contributed by atoms with E-state index in [1.807, 2.05) is 0 Å². The molecule has 0 spiro atoms. The Bertz CT molecular complexity index is 824. The summed E-state index contributed by atoms with van der Waals surface area (Å²) in [6.07, 6.45) is -3.93. The highest BCUT2D eigenvalue weighted by Crippen LogP contribution is 2.39. The minimum absolute atomic E-state index is 0.0201. The van der Waals surface area contributed by atoms with E-state index in [9.17, 15) is 30.4 Å². The summed E-state index contributed by atoms with van der Waals surface area (Å²) in [6.45, 7) is 0. The summed E-state index contributed by atoms with van der Waals surface area (Å²) in [7, 11) is -4.67. The third-order valence-electron chi connectivity index (χ3n) is 3.95. The molecule has 1 aliphatic carbocycles. The fraction of sp³-hybridized carbons (Fsp3) is 0.462. The van der Waals surface area contributed by atoms with E-state index >= 15 is 0 Å². The van der Waals surface area contributed by atoms with Gasteiger partial charge in [-0.15, -0.1) is 0 Å². The predicted octanol–water partition coefficient (Wildman–Crippen LogP) is 2.64. The molecule has 0 saturated heterocycles. The molecule has 1 fully saturated rings. The molecule has 0 bridgehead atoms. The van der Waals surface area contributed by atoms with Crippen LogP contribution in [-0.4, -0.2) is 31.8 Å². The van der Waals surface area contributed by atoms with Crippen molar-refractivity contribution < 1.29 is 35.1 Å². The van der Waals surface area contributed by atoms with Crippen molar-refractivity contribution in [1.29, 1.82) is 0 Å². The number of alkyl halides is 3. The fourth-order valence-electron chi connectivity index (χ4n) is 2.75. The van der Waals surface area contributed by atoms with E-state index in [0.717, 1.165) is 12.1 Å². The number of hydrogen-bond acceptors (Lipinski definition) is 3. The minimum atomic E-state index is -4.76. The van der Waals surface area contributed by atoms with Crippen LogP contribution in [0.15, 0.2) is 29.2 Å². The van der Waals surface area contributed by atoms with E-state index in [-0.39, 0.29) is 12.8 Å². The summed E-state index contributed by atoms with van der Waals surface area (Å²) < 4.78 is 83.0. The minimum Gasteiger partial charge on any atom is -0.360 e. The summed E-state index contributed by atoms with van der Waals surface area (Å²) in [4.78, 5) is 1.95. The maximum absolute atomic E-state index is 12.8. The second-order valence-electron chi connectivity index (χ2n) is 5.38. The zero-order valence-corrected chi connectivity index (χ0v) is 13.8. The summed E-state index contributed by atoms with van der Waals surface area (Å²) >= 11 is -2.66. The highest BCUT2D eigenvalue weighted by Gasteiger charge is 2.57. The van der Waals surface area contributed by atoms with Crippen molar-refractivity contribution in [3.8, 4) is 0 Å². The lowest BCUT2D eigenvalue weighted by atomic mass is 10.1. The Morgan fingerprint density at radius 1 is 1.29 bits per heavy atom. The quantitative estimate of drug-likeness (QED) is 0.285. The number of rotatable bonds is 3. The number of halogens is 3. The molecule has 1 aliphatic rings. The molecule has 1 aromatic carbocycles. The van der Waals surface area contributed by atoms with Gasteiger partial charge in [0.2, 0.25) is 0 Å². The lowest BCUT2D eigenvalue weighted by Gasteiger charge is -2.19. The van der Waals surface area contributed by atoms with E-state index in [0.29, 0.717) is 25.0 Å². The van der Waals surface area contributed by atoms with Crippen LogP contribution in [-0.2, 0) is 27.1 Å². The van der Waals surface area contributed by atoms with Crippen LogP contribution in [0.4, 0.5) is 13.2 Å². The second kappa shape index (κ2) is 6.40. The molecule has 2 rings (SSSR count). The third kappa shape index (κ3) is 3.16. The van der Waals surface area contributed by atoms with E-state index in [1.54, 1.807) is 0 Å². The number of hydrogen-bond donors (Lipinski definition) is 1. The Morgan fingerprint density at radius 2 is 1.88 bits per heavy atom. The first-order valence-corrected chi connectivity index (χ1v) is 9.40. The molecule has 1 unspecified atom stereocenters. The molecular weight excluding hydrogens is 369 g/mol. The zero-order chi connectivity index (χ0) is 18.2. The number of nitrogens with zero attached hydrogens (tertiary/aromatic N) is 2. The molecule has 0 amide bonds. The van der Waals surface area contributed by atoms with Gasteiger partial charge in [-0.2, -0.15) is 18.0 Å². The van der Waals surface area contributed by atoms with Crippen LogP contribution < -0.4 is 0 Å². The van der Waals surface area contributed by atoms with Crippen LogP contribution in [0.3, 0.4) is 0 Å². The van der Waals surface area contributed by atoms with Crippen molar-refractivity contribution in [1.82, 2.24) is 0 Å². The highest BCUT2D eigenvalue weighted by molar-refractivity contribution is 8.08. The molecule has 132 valence electrons. The molecule has 0 aromatic heterocycles. The van der Waals surface area contributed by atoms with Gasteiger partial charge in [-0.05, 0) is 31.0 Å². The van der Waals surface area contributed by atoms with Crippen molar-refractivity contribution in [3.05, 3.63) is 35.4 Å². The topological polar surface area (TPSA) is 108 Å². The second-order valence-corrected chi connectivity index (χ2v) is 8.53. The monoisotopic (exact) mass is 382 g/mol. The van der Waals surface area contributed by atoms with Crippen molar-refractivity contribution >= 4 is 26.0 Å². The summed E-state index contributed by atoms with van der Waals surface area (Å²) in [5.41, 5.74) is 7.98.